The predicted molar refractivity (Wildman–Crippen MR) is 99.9 cm³/mol. The minimum atomic E-state index is 0.778. The molecule has 0 bridgehead atoms. The summed E-state index contributed by atoms with van der Waals surface area (Å²) in [5.74, 6) is 1.01. The van der Waals surface area contributed by atoms with Crippen molar-refractivity contribution in [2.75, 3.05) is 27.4 Å². The Hall–Kier alpha value is -1.91. The Morgan fingerprint density at radius 2 is 1.92 bits per heavy atom. The molecule has 134 valence electrons. The predicted octanol–water partition coefficient (Wildman–Crippen LogP) is 3.62. The van der Waals surface area contributed by atoms with Crippen molar-refractivity contribution in [1.29, 1.82) is 0 Å². The van der Waals surface area contributed by atoms with Crippen molar-refractivity contribution < 1.29 is 9.47 Å². The maximum absolute atomic E-state index is 5.68. The lowest BCUT2D eigenvalue weighted by molar-refractivity contribution is 0.165. The number of pyridine rings is 1. The summed E-state index contributed by atoms with van der Waals surface area (Å²) in [6.45, 7) is 3.46. The fourth-order valence-electron chi connectivity index (χ4n) is 3.57. The molecule has 25 heavy (non-hydrogen) atoms. The highest BCUT2D eigenvalue weighted by Gasteiger charge is 2.17. The number of rotatable bonds is 9. The summed E-state index contributed by atoms with van der Waals surface area (Å²) in [6.07, 6.45) is 6.50. The average Bonchev–Trinajstić information content (AvgIpc) is 3.09. The van der Waals surface area contributed by atoms with Gasteiger partial charge in [-0.1, -0.05) is 12.1 Å². The molecule has 1 aromatic carbocycles. The molecule has 1 aliphatic rings. The van der Waals surface area contributed by atoms with Gasteiger partial charge in [0, 0.05) is 45.1 Å². The zero-order valence-electron chi connectivity index (χ0n) is 15.3. The zero-order valence-corrected chi connectivity index (χ0v) is 15.3. The Morgan fingerprint density at radius 1 is 1.08 bits per heavy atom. The summed E-state index contributed by atoms with van der Waals surface area (Å²) >= 11 is 0. The van der Waals surface area contributed by atoms with Crippen LogP contribution >= 0.6 is 0 Å². The summed E-state index contributed by atoms with van der Waals surface area (Å²) in [5.41, 5.74) is 5.32. The van der Waals surface area contributed by atoms with E-state index in [4.69, 9.17) is 9.47 Å². The Labute approximate surface area is 150 Å². The molecular weight excluding hydrogens is 312 g/mol. The lowest BCUT2D eigenvalue weighted by Gasteiger charge is -2.23. The Morgan fingerprint density at radius 3 is 2.64 bits per heavy atom. The van der Waals surface area contributed by atoms with E-state index in [-0.39, 0.29) is 0 Å². The van der Waals surface area contributed by atoms with Gasteiger partial charge < -0.3 is 9.47 Å². The molecule has 4 heteroatoms. The van der Waals surface area contributed by atoms with Crippen molar-refractivity contribution in [3.05, 3.63) is 58.9 Å². The minimum Gasteiger partial charge on any atom is -0.496 e. The van der Waals surface area contributed by atoms with E-state index in [2.05, 4.69) is 28.1 Å². The lowest BCUT2D eigenvalue weighted by Crippen LogP contribution is -2.25. The van der Waals surface area contributed by atoms with E-state index in [0.29, 0.717) is 0 Å². The van der Waals surface area contributed by atoms with Gasteiger partial charge in [-0.3, -0.25) is 9.88 Å². The number of benzene rings is 1. The van der Waals surface area contributed by atoms with E-state index in [1.54, 1.807) is 14.2 Å². The number of hydrogen-bond acceptors (Lipinski definition) is 4. The molecule has 0 atom stereocenters. The van der Waals surface area contributed by atoms with Gasteiger partial charge in [-0.25, -0.2) is 0 Å². The van der Waals surface area contributed by atoms with Gasteiger partial charge in [-0.15, -0.1) is 0 Å². The first-order chi connectivity index (χ1) is 12.3. The van der Waals surface area contributed by atoms with Crippen molar-refractivity contribution >= 4 is 0 Å². The van der Waals surface area contributed by atoms with Crippen molar-refractivity contribution in [2.24, 2.45) is 0 Å². The Bertz CT molecular complexity index is 673. The van der Waals surface area contributed by atoms with Crippen LogP contribution in [0.1, 0.15) is 35.2 Å². The van der Waals surface area contributed by atoms with Gasteiger partial charge in [0.15, 0.2) is 0 Å². The Kier molecular flexibility index (Phi) is 6.42. The molecule has 0 saturated heterocycles. The Balaban J connectivity index is 1.76. The van der Waals surface area contributed by atoms with Crippen LogP contribution in [0.3, 0.4) is 0 Å². The van der Waals surface area contributed by atoms with Crippen LogP contribution in [-0.2, 0) is 30.7 Å². The number of aromatic nitrogens is 1. The van der Waals surface area contributed by atoms with Gasteiger partial charge >= 0.3 is 0 Å². The second-order valence-corrected chi connectivity index (χ2v) is 6.66. The number of methoxy groups -OCH3 is 2. The van der Waals surface area contributed by atoms with Crippen LogP contribution in [0.25, 0.3) is 0 Å². The maximum atomic E-state index is 5.68. The number of aryl methyl sites for hydroxylation is 2. The third-order valence-electron chi connectivity index (χ3n) is 4.82. The zero-order chi connectivity index (χ0) is 17.5. The SMILES string of the molecule is COCCCN(Cc1ccccn1)Cc1cc2c(cc1OC)CCC2. The van der Waals surface area contributed by atoms with E-state index in [1.807, 2.05) is 18.3 Å². The third kappa shape index (κ3) is 4.80. The molecule has 0 fully saturated rings. The van der Waals surface area contributed by atoms with Crippen LogP contribution in [0.4, 0.5) is 0 Å². The van der Waals surface area contributed by atoms with Crippen molar-refractivity contribution in [2.45, 2.75) is 38.8 Å². The average molecular weight is 340 g/mol. The molecule has 4 nitrogen and oxygen atoms in total. The largest absolute Gasteiger partial charge is 0.496 e. The van der Waals surface area contributed by atoms with Gasteiger partial charge in [-0.2, -0.15) is 0 Å². The van der Waals surface area contributed by atoms with E-state index in [9.17, 15) is 0 Å². The maximum Gasteiger partial charge on any atom is 0.123 e. The second-order valence-electron chi connectivity index (χ2n) is 6.66. The summed E-state index contributed by atoms with van der Waals surface area (Å²) in [5, 5.41) is 0. The second kappa shape index (κ2) is 8.97. The third-order valence-corrected chi connectivity index (χ3v) is 4.82. The quantitative estimate of drug-likeness (QED) is 0.653. The van der Waals surface area contributed by atoms with Crippen LogP contribution in [0, 0.1) is 0 Å². The van der Waals surface area contributed by atoms with Crippen LogP contribution < -0.4 is 4.74 Å². The molecule has 0 spiro atoms. The molecule has 1 aromatic heterocycles. The topological polar surface area (TPSA) is 34.6 Å². The molecule has 3 rings (SSSR count). The number of nitrogens with zero attached hydrogens (tertiary/aromatic N) is 2. The van der Waals surface area contributed by atoms with Gasteiger partial charge in [0.05, 0.1) is 12.8 Å². The van der Waals surface area contributed by atoms with Crippen molar-refractivity contribution in [1.82, 2.24) is 9.88 Å². The highest BCUT2D eigenvalue weighted by Crippen LogP contribution is 2.30. The smallest absolute Gasteiger partial charge is 0.123 e. The van der Waals surface area contributed by atoms with Crippen molar-refractivity contribution in [3.63, 3.8) is 0 Å². The minimum absolute atomic E-state index is 0.778. The fraction of sp³-hybridized carbons (Fsp3) is 0.476. The molecule has 0 N–H and O–H groups in total. The van der Waals surface area contributed by atoms with Gasteiger partial charge in [0.1, 0.15) is 5.75 Å². The van der Waals surface area contributed by atoms with E-state index in [1.165, 1.54) is 36.0 Å². The molecular formula is C21H28N2O2. The lowest BCUT2D eigenvalue weighted by atomic mass is 10.0. The van der Waals surface area contributed by atoms with Crippen LogP contribution in [0.15, 0.2) is 36.5 Å². The monoisotopic (exact) mass is 340 g/mol. The molecule has 0 aliphatic heterocycles. The standard InChI is InChI=1S/C21H28N2O2/c1-24-12-6-11-23(16-20-9-3-4-10-22-20)15-19-13-17-7-5-8-18(17)14-21(19)25-2/h3-4,9-10,13-14H,5-8,11-12,15-16H2,1-2H3. The number of ether oxygens (including phenoxy) is 2. The van der Waals surface area contributed by atoms with E-state index < -0.39 is 0 Å². The van der Waals surface area contributed by atoms with Gasteiger partial charge in [0.2, 0.25) is 0 Å². The number of hydrogen-bond donors (Lipinski definition) is 0. The van der Waals surface area contributed by atoms with Crippen LogP contribution in [0.2, 0.25) is 0 Å². The number of fused-ring (bicyclic) bond motifs is 1. The first-order valence-electron chi connectivity index (χ1n) is 9.10. The van der Waals surface area contributed by atoms with Crippen LogP contribution in [-0.4, -0.2) is 37.3 Å². The summed E-state index contributed by atoms with van der Waals surface area (Å²) < 4.78 is 10.9. The summed E-state index contributed by atoms with van der Waals surface area (Å²) in [6, 6.07) is 10.7. The van der Waals surface area contributed by atoms with Gasteiger partial charge in [-0.05, 0) is 55.0 Å². The van der Waals surface area contributed by atoms with Crippen LogP contribution in [0.5, 0.6) is 5.75 Å². The highest BCUT2D eigenvalue weighted by molar-refractivity contribution is 5.44. The molecule has 0 saturated carbocycles. The van der Waals surface area contributed by atoms with E-state index >= 15 is 0 Å². The van der Waals surface area contributed by atoms with E-state index in [0.717, 1.165) is 44.1 Å². The molecule has 0 unspecified atom stereocenters. The molecule has 0 radical (unpaired) electrons. The van der Waals surface area contributed by atoms with Crippen molar-refractivity contribution in [3.8, 4) is 5.75 Å². The first kappa shape index (κ1) is 17.9. The highest BCUT2D eigenvalue weighted by atomic mass is 16.5. The molecule has 0 amide bonds. The summed E-state index contributed by atoms with van der Waals surface area (Å²) in [4.78, 5) is 6.92. The fourth-order valence-corrected chi connectivity index (χ4v) is 3.57. The molecule has 1 heterocycles. The van der Waals surface area contributed by atoms with Gasteiger partial charge in [0.25, 0.3) is 0 Å². The first-order valence-corrected chi connectivity index (χ1v) is 9.10. The normalized spacial score (nSPS) is 13.2. The molecule has 1 aliphatic carbocycles. The summed E-state index contributed by atoms with van der Waals surface area (Å²) in [7, 11) is 3.53. The molecule has 2 aromatic rings.